The first kappa shape index (κ1) is 24.0. The van der Waals surface area contributed by atoms with Gasteiger partial charge < -0.3 is 19.7 Å². The van der Waals surface area contributed by atoms with E-state index in [0.29, 0.717) is 28.7 Å². The summed E-state index contributed by atoms with van der Waals surface area (Å²) in [5.74, 6) is 1.42. The Kier molecular flexibility index (Phi) is 7.69. The van der Waals surface area contributed by atoms with Crippen molar-refractivity contribution in [1.29, 1.82) is 0 Å². The lowest BCUT2D eigenvalue weighted by Crippen LogP contribution is -2.47. The van der Waals surface area contributed by atoms with Crippen molar-refractivity contribution >= 4 is 45.7 Å². The second kappa shape index (κ2) is 10.9. The van der Waals surface area contributed by atoms with Gasteiger partial charge in [0.15, 0.2) is 4.34 Å². The molecule has 1 aliphatic heterocycles. The number of carbonyl (C=O) groups is 2. The summed E-state index contributed by atoms with van der Waals surface area (Å²) >= 11 is 2.92. The number of anilines is 2. The Balaban J connectivity index is 1.72. The van der Waals surface area contributed by atoms with Gasteiger partial charge in [-0.15, -0.1) is 10.2 Å². The van der Waals surface area contributed by atoms with Crippen molar-refractivity contribution in [3.63, 3.8) is 0 Å². The third-order valence-corrected chi connectivity index (χ3v) is 7.50. The van der Waals surface area contributed by atoms with Crippen molar-refractivity contribution in [3.05, 3.63) is 54.1 Å². The predicted octanol–water partition coefficient (Wildman–Crippen LogP) is 4.79. The number of carbonyl (C=O) groups excluding carboxylic acids is 2. The molecule has 0 spiro atoms. The van der Waals surface area contributed by atoms with Gasteiger partial charge in [-0.2, -0.15) is 0 Å². The molecule has 0 bridgehead atoms. The van der Waals surface area contributed by atoms with Crippen LogP contribution in [0.3, 0.4) is 0 Å². The van der Waals surface area contributed by atoms with E-state index in [2.05, 4.69) is 15.5 Å². The highest BCUT2D eigenvalue weighted by atomic mass is 32.2. The minimum absolute atomic E-state index is 0.0531. The standard InChI is InChI=1S/C24H26N4O4S2/c1-4-33-24-27-26-23(34-24)25-22(30)18-13-14-20(29)28(15-9-11-16(31-2)12-10-15)21(18)17-7-5-6-8-19(17)32-3/h5-12,18,21H,4,13-14H2,1-3H3,(H,25,26,30)/t18-,21-/m1/s1. The number of rotatable bonds is 8. The zero-order valence-corrected chi connectivity index (χ0v) is 20.8. The minimum Gasteiger partial charge on any atom is -0.497 e. The molecule has 8 nitrogen and oxygen atoms in total. The van der Waals surface area contributed by atoms with Crippen LogP contribution in [0.25, 0.3) is 0 Å². The monoisotopic (exact) mass is 498 g/mol. The third-order valence-electron chi connectivity index (χ3n) is 5.65. The summed E-state index contributed by atoms with van der Waals surface area (Å²) in [6, 6.07) is 14.2. The Bertz CT molecular complexity index is 1150. The molecule has 2 heterocycles. The molecular formula is C24H26N4O4S2. The number of nitrogens with zero attached hydrogens (tertiary/aromatic N) is 3. The van der Waals surface area contributed by atoms with Gasteiger partial charge in [0.1, 0.15) is 11.5 Å². The van der Waals surface area contributed by atoms with Crippen LogP contribution in [-0.2, 0) is 9.59 Å². The molecular weight excluding hydrogens is 472 g/mol. The average molecular weight is 499 g/mol. The van der Waals surface area contributed by atoms with Gasteiger partial charge in [0, 0.05) is 17.7 Å². The highest BCUT2D eigenvalue weighted by Crippen LogP contribution is 2.43. The number of benzene rings is 2. The Hall–Kier alpha value is -3.11. The van der Waals surface area contributed by atoms with Gasteiger partial charge in [-0.1, -0.05) is 48.2 Å². The Morgan fingerprint density at radius 1 is 1.15 bits per heavy atom. The lowest BCUT2D eigenvalue weighted by molar-refractivity contribution is -0.126. The van der Waals surface area contributed by atoms with Crippen LogP contribution in [0.2, 0.25) is 0 Å². The van der Waals surface area contributed by atoms with Crippen molar-refractivity contribution in [3.8, 4) is 11.5 Å². The van der Waals surface area contributed by atoms with E-state index in [1.807, 2.05) is 43.3 Å². The highest BCUT2D eigenvalue weighted by molar-refractivity contribution is 8.01. The van der Waals surface area contributed by atoms with E-state index in [1.54, 1.807) is 43.0 Å². The minimum atomic E-state index is -0.553. The fourth-order valence-corrected chi connectivity index (χ4v) is 5.77. The van der Waals surface area contributed by atoms with Crippen LogP contribution in [0, 0.1) is 5.92 Å². The van der Waals surface area contributed by atoms with Crippen LogP contribution >= 0.6 is 23.1 Å². The number of amides is 2. The normalized spacial score (nSPS) is 18.0. The highest BCUT2D eigenvalue weighted by Gasteiger charge is 2.43. The van der Waals surface area contributed by atoms with Crippen molar-refractivity contribution in [1.82, 2.24) is 10.2 Å². The number of nitrogens with one attached hydrogen (secondary N) is 1. The first-order chi connectivity index (χ1) is 16.5. The number of para-hydroxylation sites is 1. The van der Waals surface area contributed by atoms with Gasteiger partial charge in [-0.3, -0.25) is 9.59 Å². The molecule has 4 rings (SSSR count). The molecule has 178 valence electrons. The van der Waals surface area contributed by atoms with Crippen molar-refractivity contribution < 1.29 is 19.1 Å². The Morgan fingerprint density at radius 3 is 2.62 bits per heavy atom. The Morgan fingerprint density at radius 2 is 1.91 bits per heavy atom. The van der Waals surface area contributed by atoms with E-state index in [9.17, 15) is 9.59 Å². The van der Waals surface area contributed by atoms with Crippen molar-refractivity contribution in [2.75, 3.05) is 30.2 Å². The van der Waals surface area contributed by atoms with E-state index in [0.717, 1.165) is 15.7 Å². The molecule has 10 heteroatoms. The molecule has 2 atom stereocenters. The fraction of sp³-hybridized carbons (Fsp3) is 0.333. The molecule has 2 amide bonds. The first-order valence-electron chi connectivity index (χ1n) is 10.9. The van der Waals surface area contributed by atoms with E-state index in [4.69, 9.17) is 9.47 Å². The Labute approximate surface area is 206 Å². The number of ether oxygens (including phenoxy) is 2. The van der Waals surface area contributed by atoms with Gasteiger partial charge in [-0.25, -0.2) is 0 Å². The van der Waals surface area contributed by atoms with Crippen molar-refractivity contribution in [2.24, 2.45) is 5.92 Å². The maximum Gasteiger partial charge on any atom is 0.231 e. The molecule has 2 aromatic carbocycles. The fourth-order valence-electron chi connectivity index (χ4n) is 4.12. The summed E-state index contributed by atoms with van der Waals surface area (Å²) in [7, 11) is 3.18. The van der Waals surface area contributed by atoms with Crippen LogP contribution in [0.15, 0.2) is 52.9 Å². The van der Waals surface area contributed by atoms with Gasteiger partial charge in [0.25, 0.3) is 0 Å². The molecule has 0 saturated carbocycles. The molecule has 1 aliphatic rings. The summed E-state index contributed by atoms with van der Waals surface area (Å²) in [4.78, 5) is 28.5. The van der Waals surface area contributed by atoms with Crippen LogP contribution in [-0.4, -0.2) is 42.0 Å². The lowest BCUT2D eigenvalue weighted by Gasteiger charge is -2.41. The van der Waals surface area contributed by atoms with Gasteiger partial charge in [0.05, 0.1) is 26.2 Å². The lowest BCUT2D eigenvalue weighted by atomic mass is 9.82. The largest absolute Gasteiger partial charge is 0.497 e. The summed E-state index contributed by atoms with van der Waals surface area (Å²) in [5.41, 5.74) is 1.46. The molecule has 0 radical (unpaired) electrons. The van der Waals surface area contributed by atoms with E-state index in [1.165, 1.54) is 11.3 Å². The van der Waals surface area contributed by atoms with Crippen LogP contribution < -0.4 is 19.7 Å². The van der Waals surface area contributed by atoms with Gasteiger partial charge in [-0.05, 0) is 42.5 Å². The molecule has 0 aliphatic carbocycles. The van der Waals surface area contributed by atoms with Crippen LogP contribution in [0.4, 0.5) is 10.8 Å². The zero-order valence-electron chi connectivity index (χ0n) is 19.2. The van der Waals surface area contributed by atoms with Gasteiger partial charge >= 0.3 is 0 Å². The maximum atomic E-state index is 13.5. The maximum absolute atomic E-state index is 13.5. The molecule has 34 heavy (non-hydrogen) atoms. The number of aromatic nitrogens is 2. The third kappa shape index (κ3) is 5.02. The summed E-state index contributed by atoms with van der Waals surface area (Å²) in [6.07, 6.45) is 0.665. The second-order valence-corrected chi connectivity index (χ2v) is 10.1. The van der Waals surface area contributed by atoms with E-state index in [-0.39, 0.29) is 18.2 Å². The SMILES string of the molecule is CCSc1nnc(NC(=O)[C@@H]2CCC(=O)N(c3ccc(OC)cc3)[C@@H]2c2ccccc2OC)s1. The quantitative estimate of drug-likeness (QED) is 0.352. The second-order valence-electron chi connectivity index (χ2n) is 7.59. The molecule has 1 aromatic heterocycles. The topological polar surface area (TPSA) is 93.7 Å². The predicted molar refractivity (Wildman–Crippen MR) is 134 cm³/mol. The molecule has 3 aromatic rings. The number of thioether (sulfide) groups is 1. The summed E-state index contributed by atoms with van der Waals surface area (Å²) in [5, 5.41) is 11.6. The number of piperidine rings is 1. The molecule has 0 unspecified atom stereocenters. The summed E-state index contributed by atoms with van der Waals surface area (Å²) in [6.45, 7) is 2.04. The van der Waals surface area contributed by atoms with E-state index < -0.39 is 12.0 Å². The number of hydrogen-bond acceptors (Lipinski definition) is 8. The van der Waals surface area contributed by atoms with Crippen LogP contribution in [0.5, 0.6) is 11.5 Å². The van der Waals surface area contributed by atoms with Crippen LogP contribution in [0.1, 0.15) is 31.4 Å². The van der Waals surface area contributed by atoms with Crippen molar-refractivity contribution in [2.45, 2.75) is 30.1 Å². The molecule has 1 N–H and O–H groups in total. The van der Waals surface area contributed by atoms with Gasteiger partial charge in [0.2, 0.25) is 16.9 Å². The number of hydrogen-bond donors (Lipinski definition) is 1. The summed E-state index contributed by atoms with van der Waals surface area (Å²) < 4.78 is 11.7. The zero-order chi connectivity index (χ0) is 24.1. The molecule has 1 saturated heterocycles. The molecule has 1 fully saturated rings. The smallest absolute Gasteiger partial charge is 0.231 e. The average Bonchev–Trinajstić information content (AvgIpc) is 3.30. The first-order valence-corrected chi connectivity index (χ1v) is 12.7. The van der Waals surface area contributed by atoms with E-state index >= 15 is 0 Å². The number of methoxy groups -OCH3 is 2.